The Morgan fingerprint density at radius 2 is 1.95 bits per heavy atom. The van der Waals surface area contributed by atoms with E-state index in [1.54, 1.807) is 0 Å². The quantitative estimate of drug-likeness (QED) is 0.805. The predicted molar refractivity (Wildman–Crippen MR) is 80.9 cm³/mol. The number of nitrogens with zero attached hydrogens (tertiary/aromatic N) is 1. The second-order valence-electron chi connectivity index (χ2n) is 6.75. The van der Waals surface area contributed by atoms with Crippen molar-refractivity contribution in [2.45, 2.75) is 51.0 Å². The summed E-state index contributed by atoms with van der Waals surface area (Å²) in [6, 6.07) is 0.238. The molecular weight excluding hydrogens is 276 g/mol. The summed E-state index contributed by atoms with van der Waals surface area (Å²) in [5.74, 6) is 0.567. The highest BCUT2D eigenvalue weighted by Gasteiger charge is 2.42. The fourth-order valence-electron chi connectivity index (χ4n) is 4.05. The zero-order valence-electron chi connectivity index (χ0n) is 12.2. The molecule has 1 amide bonds. The predicted octanol–water partition coefficient (Wildman–Crippen LogP) is 1.95. The van der Waals surface area contributed by atoms with E-state index in [0.29, 0.717) is 11.3 Å². The third-order valence-electron chi connectivity index (χ3n) is 5.37. The van der Waals surface area contributed by atoms with E-state index in [2.05, 4.69) is 4.90 Å². The first-order chi connectivity index (χ1) is 9.19. The number of amides is 1. The molecule has 5 heteroatoms. The van der Waals surface area contributed by atoms with E-state index >= 15 is 0 Å². The van der Waals surface area contributed by atoms with Crippen LogP contribution in [0.3, 0.4) is 0 Å². The summed E-state index contributed by atoms with van der Waals surface area (Å²) in [6.45, 7) is 3.65. The van der Waals surface area contributed by atoms with Crippen molar-refractivity contribution in [3.63, 3.8) is 0 Å². The van der Waals surface area contributed by atoms with E-state index < -0.39 is 0 Å². The normalized spacial score (nSPS) is 33.0. The number of rotatable bonds is 1. The number of hydrogen-bond donors (Lipinski definition) is 1. The van der Waals surface area contributed by atoms with Crippen LogP contribution in [-0.4, -0.2) is 43.2 Å². The van der Waals surface area contributed by atoms with Gasteiger partial charge >= 0.3 is 0 Å². The summed E-state index contributed by atoms with van der Waals surface area (Å²) in [4.78, 5) is 14.7. The van der Waals surface area contributed by atoms with Gasteiger partial charge in [-0.25, -0.2) is 0 Å². The maximum Gasteiger partial charge on any atom is 0.225 e. The first kappa shape index (κ1) is 16.1. The molecule has 3 rings (SSSR count). The molecule has 2 saturated heterocycles. The van der Waals surface area contributed by atoms with Gasteiger partial charge in [0.1, 0.15) is 0 Å². The molecule has 4 nitrogen and oxygen atoms in total. The van der Waals surface area contributed by atoms with E-state index in [-0.39, 0.29) is 24.4 Å². The van der Waals surface area contributed by atoms with Gasteiger partial charge in [-0.05, 0) is 43.9 Å². The maximum atomic E-state index is 12.6. The van der Waals surface area contributed by atoms with E-state index in [4.69, 9.17) is 10.5 Å². The van der Waals surface area contributed by atoms with Gasteiger partial charge in [0.05, 0.1) is 0 Å². The lowest BCUT2D eigenvalue weighted by Crippen LogP contribution is -2.41. The van der Waals surface area contributed by atoms with Crippen molar-refractivity contribution in [3.05, 3.63) is 0 Å². The van der Waals surface area contributed by atoms with Crippen molar-refractivity contribution in [1.82, 2.24) is 4.90 Å². The van der Waals surface area contributed by atoms with Gasteiger partial charge < -0.3 is 15.4 Å². The molecule has 0 aromatic rings. The van der Waals surface area contributed by atoms with Crippen LogP contribution >= 0.6 is 12.4 Å². The number of nitrogens with two attached hydrogens (primary N) is 1. The summed E-state index contributed by atoms with van der Waals surface area (Å²) in [5.41, 5.74) is 6.38. The Bertz CT molecular complexity index is 345. The molecule has 0 aromatic heterocycles. The lowest BCUT2D eigenvalue weighted by Gasteiger charge is -2.34. The van der Waals surface area contributed by atoms with Crippen LogP contribution < -0.4 is 5.73 Å². The Balaban J connectivity index is 0.00000147. The topological polar surface area (TPSA) is 55.6 Å². The zero-order chi connectivity index (χ0) is 13.3. The number of halogens is 1. The van der Waals surface area contributed by atoms with Crippen molar-refractivity contribution < 1.29 is 9.53 Å². The van der Waals surface area contributed by atoms with Crippen molar-refractivity contribution in [3.8, 4) is 0 Å². The molecule has 116 valence electrons. The molecule has 3 aliphatic rings. The molecule has 2 atom stereocenters. The molecule has 1 aliphatic carbocycles. The third-order valence-corrected chi connectivity index (χ3v) is 5.37. The number of carbonyl (C=O) groups is 1. The van der Waals surface area contributed by atoms with Crippen LogP contribution in [0, 0.1) is 11.3 Å². The largest absolute Gasteiger partial charge is 0.381 e. The average molecular weight is 303 g/mol. The minimum Gasteiger partial charge on any atom is -0.381 e. The first-order valence-electron chi connectivity index (χ1n) is 7.81. The fourth-order valence-corrected chi connectivity index (χ4v) is 4.05. The number of hydrogen-bond acceptors (Lipinski definition) is 3. The van der Waals surface area contributed by atoms with Gasteiger partial charge in [-0.2, -0.15) is 0 Å². The minimum atomic E-state index is 0. The molecule has 20 heavy (non-hydrogen) atoms. The Hall–Kier alpha value is -0.320. The summed E-state index contributed by atoms with van der Waals surface area (Å²) >= 11 is 0. The standard InChI is InChI=1S/C15H26N2O2.ClH/c16-13-3-1-2-12(10-13)14(18)17-7-4-15(11-17)5-8-19-9-6-15;/h12-13H,1-11,16H2;1H. The van der Waals surface area contributed by atoms with E-state index in [1.165, 1.54) is 6.42 Å². The second kappa shape index (κ2) is 6.63. The summed E-state index contributed by atoms with van der Waals surface area (Å²) in [6.07, 6.45) is 7.56. The Kier molecular flexibility index (Phi) is 5.32. The van der Waals surface area contributed by atoms with Crippen LogP contribution in [0.15, 0.2) is 0 Å². The lowest BCUT2D eigenvalue weighted by atomic mass is 9.79. The zero-order valence-corrected chi connectivity index (χ0v) is 13.0. The SMILES string of the molecule is Cl.NC1CCCC(C(=O)N2CCC3(CCOCC3)C2)C1. The van der Waals surface area contributed by atoms with E-state index in [0.717, 1.165) is 64.8 Å². The van der Waals surface area contributed by atoms with Crippen molar-refractivity contribution in [2.75, 3.05) is 26.3 Å². The third kappa shape index (κ3) is 3.29. The highest BCUT2D eigenvalue weighted by atomic mass is 35.5. The molecule has 0 aromatic carbocycles. The molecule has 2 unspecified atom stereocenters. The Labute approximate surface area is 127 Å². The van der Waals surface area contributed by atoms with Crippen LogP contribution in [0.5, 0.6) is 0 Å². The molecule has 2 N–H and O–H groups in total. The molecular formula is C15H27ClN2O2. The number of carbonyl (C=O) groups excluding carboxylic acids is 1. The molecule has 3 fully saturated rings. The van der Waals surface area contributed by atoms with Gasteiger partial charge in [0, 0.05) is 38.3 Å². The van der Waals surface area contributed by atoms with Crippen LogP contribution in [-0.2, 0) is 9.53 Å². The first-order valence-corrected chi connectivity index (χ1v) is 7.81. The van der Waals surface area contributed by atoms with Gasteiger partial charge in [-0.3, -0.25) is 4.79 Å². The van der Waals surface area contributed by atoms with Gasteiger partial charge in [0.25, 0.3) is 0 Å². The van der Waals surface area contributed by atoms with Crippen molar-refractivity contribution >= 4 is 18.3 Å². The summed E-state index contributed by atoms with van der Waals surface area (Å²) in [7, 11) is 0. The van der Waals surface area contributed by atoms with Crippen LogP contribution in [0.2, 0.25) is 0 Å². The van der Waals surface area contributed by atoms with Gasteiger partial charge in [0.2, 0.25) is 5.91 Å². The van der Waals surface area contributed by atoms with Gasteiger partial charge in [0.15, 0.2) is 0 Å². The highest BCUT2D eigenvalue weighted by Crippen LogP contribution is 2.40. The maximum absolute atomic E-state index is 12.6. The van der Waals surface area contributed by atoms with Crippen LogP contribution in [0.4, 0.5) is 0 Å². The average Bonchev–Trinajstić information content (AvgIpc) is 2.82. The number of ether oxygens (including phenoxy) is 1. The Morgan fingerprint density at radius 3 is 2.65 bits per heavy atom. The summed E-state index contributed by atoms with van der Waals surface area (Å²) in [5, 5.41) is 0. The van der Waals surface area contributed by atoms with Crippen molar-refractivity contribution in [2.24, 2.45) is 17.1 Å². The molecule has 2 aliphatic heterocycles. The lowest BCUT2D eigenvalue weighted by molar-refractivity contribution is -0.136. The molecule has 1 spiro atoms. The highest BCUT2D eigenvalue weighted by molar-refractivity contribution is 5.85. The van der Waals surface area contributed by atoms with Crippen molar-refractivity contribution in [1.29, 1.82) is 0 Å². The van der Waals surface area contributed by atoms with Crippen LogP contribution in [0.25, 0.3) is 0 Å². The fraction of sp³-hybridized carbons (Fsp3) is 0.933. The van der Waals surface area contributed by atoms with Gasteiger partial charge in [-0.1, -0.05) is 6.42 Å². The summed E-state index contributed by atoms with van der Waals surface area (Å²) < 4.78 is 5.46. The molecule has 0 radical (unpaired) electrons. The van der Waals surface area contributed by atoms with E-state index in [1.807, 2.05) is 0 Å². The van der Waals surface area contributed by atoms with Crippen LogP contribution in [0.1, 0.15) is 44.9 Å². The molecule has 1 saturated carbocycles. The molecule has 0 bridgehead atoms. The van der Waals surface area contributed by atoms with Gasteiger partial charge in [-0.15, -0.1) is 12.4 Å². The monoisotopic (exact) mass is 302 g/mol. The Morgan fingerprint density at radius 1 is 1.20 bits per heavy atom. The minimum absolute atomic E-state index is 0. The number of likely N-dealkylation sites (tertiary alicyclic amines) is 1. The second-order valence-corrected chi connectivity index (χ2v) is 6.75. The molecule has 2 heterocycles. The smallest absolute Gasteiger partial charge is 0.225 e. The van der Waals surface area contributed by atoms with E-state index in [9.17, 15) is 4.79 Å².